The van der Waals surface area contributed by atoms with Gasteiger partial charge in [0.2, 0.25) is 0 Å². The zero-order valence-corrected chi connectivity index (χ0v) is 13.5. The van der Waals surface area contributed by atoms with Crippen LogP contribution in [-0.2, 0) is 5.54 Å². The summed E-state index contributed by atoms with van der Waals surface area (Å²) in [5.74, 6) is 1.11. The van der Waals surface area contributed by atoms with Crippen molar-refractivity contribution in [2.45, 2.75) is 38.1 Å². The topological polar surface area (TPSA) is 91.0 Å². The average Bonchev–Trinajstić information content (AvgIpc) is 3.02. The Morgan fingerprint density at radius 2 is 1.86 bits per heavy atom. The monoisotopic (exact) mass is 330 g/mol. The van der Waals surface area contributed by atoms with E-state index in [2.05, 4.69) is 10.1 Å². The minimum absolute atomic E-state index is 0. The van der Waals surface area contributed by atoms with Gasteiger partial charge in [0.05, 0.1) is 5.54 Å². The Kier molecular flexibility index (Phi) is 5.61. The molecule has 0 radical (unpaired) electrons. The van der Waals surface area contributed by atoms with E-state index in [9.17, 15) is 0 Å². The molecule has 0 saturated heterocycles. The standard InChI is InChI=1S/C14H18N4O.2ClH/c1-9-4-5-10(15)8-11(9)12-17-13(18-19-12)14(16)6-2-3-7-14;;/h4-5,8H,2-3,6-7,15-16H2,1H3;2*1H. The molecule has 1 aliphatic carbocycles. The Hall–Kier alpha value is -1.30. The molecule has 1 aliphatic rings. The van der Waals surface area contributed by atoms with Gasteiger partial charge in [-0.1, -0.05) is 24.1 Å². The summed E-state index contributed by atoms with van der Waals surface area (Å²) in [6, 6.07) is 5.66. The number of nitrogen functional groups attached to an aromatic ring is 1. The summed E-state index contributed by atoms with van der Waals surface area (Å²) in [7, 11) is 0. The van der Waals surface area contributed by atoms with Crippen LogP contribution in [0.5, 0.6) is 0 Å². The summed E-state index contributed by atoms with van der Waals surface area (Å²) in [6.07, 6.45) is 4.08. The van der Waals surface area contributed by atoms with Crippen LogP contribution in [0.1, 0.15) is 37.1 Å². The van der Waals surface area contributed by atoms with E-state index in [1.165, 1.54) is 0 Å². The molecule has 7 heteroatoms. The first-order valence-electron chi connectivity index (χ1n) is 6.58. The minimum atomic E-state index is -0.421. The van der Waals surface area contributed by atoms with Crippen LogP contribution >= 0.6 is 24.8 Å². The number of aromatic nitrogens is 2. The van der Waals surface area contributed by atoms with Crippen molar-refractivity contribution in [1.29, 1.82) is 0 Å². The van der Waals surface area contributed by atoms with Gasteiger partial charge < -0.3 is 16.0 Å². The lowest BCUT2D eigenvalue weighted by atomic mass is 9.98. The van der Waals surface area contributed by atoms with Crippen molar-refractivity contribution < 1.29 is 4.52 Å². The van der Waals surface area contributed by atoms with E-state index >= 15 is 0 Å². The Morgan fingerprint density at radius 3 is 2.52 bits per heavy atom. The molecule has 0 amide bonds. The van der Waals surface area contributed by atoms with Crippen LogP contribution < -0.4 is 11.5 Å². The molecule has 0 spiro atoms. The van der Waals surface area contributed by atoms with E-state index in [1.54, 1.807) is 0 Å². The van der Waals surface area contributed by atoms with E-state index in [0.717, 1.165) is 36.8 Å². The average molecular weight is 331 g/mol. The van der Waals surface area contributed by atoms with E-state index in [1.807, 2.05) is 25.1 Å². The van der Waals surface area contributed by atoms with Crippen LogP contribution in [0, 0.1) is 6.92 Å². The largest absolute Gasteiger partial charge is 0.399 e. The zero-order valence-electron chi connectivity index (χ0n) is 11.8. The molecule has 2 aromatic rings. The number of anilines is 1. The Balaban J connectivity index is 0.00000110. The number of rotatable bonds is 2. The summed E-state index contributed by atoms with van der Waals surface area (Å²) < 4.78 is 5.37. The van der Waals surface area contributed by atoms with Gasteiger partial charge in [0, 0.05) is 11.3 Å². The third kappa shape index (κ3) is 3.31. The van der Waals surface area contributed by atoms with E-state index in [-0.39, 0.29) is 24.8 Å². The first-order valence-corrected chi connectivity index (χ1v) is 6.58. The second-order valence-electron chi connectivity index (χ2n) is 5.36. The number of aryl methyl sites for hydroxylation is 1. The Labute approximate surface area is 136 Å². The fourth-order valence-electron chi connectivity index (χ4n) is 2.63. The van der Waals surface area contributed by atoms with Gasteiger partial charge in [0.1, 0.15) is 0 Å². The second-order valence-corrected chi connectivity index (χ2v) is 5.36. The van der Waals surface area contributed by atoms with Crippen molar-refractivity contribution >= 4 is 30.5 Å². The first kappa shape index (κ1) is 17.8. The van der Waals surface area contributed by atoms with Gasteiger partial charge in [-0.2, -0.15) is 4.98 Å². The van der Waals surface area contributed by atoms with Gasteiger partial charge in [-0.3, -0.25) is 0 Å². The molecule has 21 heavy (non-hydrogen) atoms. The van der Waals surface area contributed by atoms with E-state index in [4.69, 9.17) is 16.0 Å². The number of hydrogen-bond donors (Lipinski definition) is 2. The van der Waals surface area contributed by atoms with Gasteiger partial charge in [-0.05, 0) is 37.5 Å². The van der Waals surface area contributed by atoms with Gasteiger partial charge in [-0.15, -0.1) is 24.8 Å². The molecule has 116 valence electrons. The highest BCUT2D eigenvalue weighted by Gasteiger charge is 2.36. The molecule has 0 unspecified atom stereocenters. The molecule has 4 N–H and O–H groups in total. The van der Waals surface area contributed by atoms with Crippen molar-refractivity contribution in [1.82, 2.24) is 10.1 Å². The third-order valence-electron chi connectivity index (χ3n) is 3.86. The lowest BCUT2D eigenvalue weighted by molar-refractivity contribution is 0.372. The molecule has 0 aliphatic heterocycles. The van der Waals surface area contributed by atoms with Crippen LogP contribution in [0.25, 0.3) is 11.5 Å². The smallest absolute Gasteiger partial charge is 0.258 e. The fraction of sp³-hybridized carbons (Fsp3) is 0.429. The summed E-state index contributed by atoms with van der Waals surface area (Å²) in [6.45, 7) is 1.99. The molecular formula is C14H20Cl2N4O. The zero-order chi connectivity index (χ0) is 13.5. The highest BCUT2D eigenvalue weighted by Crippen LogP contribution is 2.35. The summed E-state index contributed by atoms with van der Waals surface area (Å²) in [4.78, 5) is 4.48. The number of halogens is 2. The van der Waals surface area contributed by atoms with Crippen molar-refractivity contribution in [2.24, 2.45) is 5.73 Å². The fourth-order valence-corrected chi connectivity index (χ4v) is 2.63. The van der Waals surface area contributed by atoms with Crippen molar-refractivity contribution in [3.63, 3.8) is 0 Å². The summed E-state index contributed by atoms with van der Waals surface area (Å²) in [5, 5.41) is 4.07. The Morgan fingerprint density at radius 1 is 1.19 bits per heavy atom. The molecule has 1 aromatic heterocycles. The van der Waals surface area contributed by atoms with Crippen molar-refractivity contribution in [3.05, 3.63) is 29.6 Å². The van der Waals surface area contributed by atoms with Crippen LogP contribution in [0.2, 0.25) is 0 Å². The molecule has 1 heterocycles. The van der Waals surface area contributed by atoms with Crippen LogP contribution in [-0.4, -0.2) is 10.1 Å². The number of nitrogens with two attached hydrogens (primary N) is 2. The van der Waals surface area contributed by atoms with Crippen LogP contribution in [0.3, 0.4) is 0 Å². The summed E-state index contributed by atoms with van der Waals surface area (Å²) >= 11 is 0. The van der Waals surface area contributed by atoms with Gasteiger partial charge in [-0.25, -0.2) is 0 Å². The number of nitrogens with zero attached hydrogens (tertiary/aromatic N) is 2. The van der Waals surface area contributed by atoms with Gasteiger partial charge in [0.25, 0.3) is 5.89 Å². The predicted octanol–water partition coefficient (Wildman–Crippen LogP) is 3.20. The molecule has 3 rings (SSSR count). The third-order valence-corrected chi connectivity index (χ3v) is 3.86. The van der Waals surface area contributed by atoms with E-state index < -0.39 is 5.54 Å². The SMILES string of the molecule is Cc1ccc(N)cc1-c1nc(C2(N)CCCC2)no1.Cl.Cl. The maximum Gasteiger partial charge on any atom is 0.258 e. The minimum Gasteiger partial charge on any atom is -0.399 e. The quantitative estimate of drug-likeness (QED) is 0.825. The molecule has 1 aromatic carbocycles. The van der Waals surface area contributed by atoms with Crippen LogP contribution in [0.15, 0.2) is 22.7 Å². The molecule has 1 fully saturated rings. The predicted molar refractivity (Wildman–Crippen MR) is 87.7 cm³/mol. The maximum atomic E-state index is 6.33. The van der Waals surface area contributed by atoms with Crippen molar-refractivity contribution in [2.75, 3.05) is 5.73 Å². The molecule has 0 bridgehead atoms. The van der Waals surface area contributed by atoms with Crippen LogP contribution in [0.4, 0.5) is 5.69 Å². The highest BCUT2D eigenvalue weighted by molar-refractivity contribution is 5.85. The highest BCUT2D eigenvalue weighted by atomic mass is 35.5. The van der Waals surface area contributed by atoms with Gasteiger partial charge in [0.15, 0.2) is 5.82 Å². The Bertz CT molecular complexity index is 609. The maximum absolute atomic E-state index is 6.33. The molecule has 0 atom stereocenters. The normalized spacial score (nSPS) is 16.1. The molecule has 5 nitrogen and oxygen atoms in total. The molecular weight excluding hydrogens is 311 g/mol. The van der Waals surface area contributed by atoms with Gasteiger partial charge >= 0.3 is 0 Å². The number of benzene rings is 1. The lowest BCUT2D eigenvalue weighted by Gasteiger charge is -2.17. The molecule has 1 saturated carbocycles. The lowest BCUT2D eigenvalue weighted by Crippen LogP contribution is -2.34. The first-order chi connectivity index (χ1) is 9.08. The van der Waals surface area contributed by atoms with E-state index in [0.29, 0.717) is 17.4 Å². The number of hydrogen-bond acceptors (Lipinski definition) is 5. The van der Waals surface area contributed by atoms with Crippen molar-refractivity contribution in [3.8, 4) is 11.5 Å². The second kappa shape index (κ2) is 6.64. The summed E-state index contributed by atoms with van der Waals surface area (Å²) in [5.41, 5.74) is 14.3.